The number of sulfonamides is 1. The van der Waals surface area contributed by atoms with Gasteiger partial charge in [-0.15, -0.1) is 6.58 Å². The van der Waals surface area contributed by atoms with Gasteiger partial charge in [0.05, 0.1) is 12.6 Å². The molecular formula is C20H36N2O5S. The molecule has 0 aromatic rings. The van der Waals surface area contributed by atoms with Crippen molar-refractivity contribution in [1.82, 2.24) is 9.21 Å². The molecular weight excluding hydrogens is 380 g/mol. The highest BCUT2D eigenvalue weighted by atomic mass is 32.2. The lowest BCUT2D eigenvalue weighted by atomic mass is 10.1. The fourth-order valence-electron chi connectivity index (χ4n) is 3.06. The van der Waals surface area contributed by atoms with Crippen molar-refractivity contribution in [3.05, 3.63) is 24.6 Å². The van der Waals surface area contributed by atoms with Gasteiger partial charge >= 0.3 is 6.09 Å². The summed E-state index contributed by atoms with van der Waals surface area (Å²) in [4.78, 5) is 14.3. The van der Waals surface area contributed by atoms with Crippen molar-refractivity contribution in [3.63, 3.8) is 0 Å². The van der Waals surface area contributed by atoms with Crippen molar-refractivity contribution in [2.75, 3.05) is 32.8 Å². The van der Waals surface area contributed by atoms with E-state index in [9.17, 15) is 13.2 Å². The Hall–Kier alpha value is -1.38. The van der Waals surface area contributed by atoms with E-state index in [1.165, 1.54) is 4.31 Å². The maximum atomic E-state index is 12.7. The second-order valence-electron chi connectivity index (χ2n) is 8.14. The lowest BCUT2D eigenvalue weighted by molar-refractivity contribution is 0.0185. The van der Waals surface area contributed by atoms with Crippen LogP contribution in [-0.2, 0) is 19.5 Å². The molecule has 1 rings (SSSR count). The predicted molar refractivity (Wildman–Crippen MR) is 111 cm³/mol. The first-order chi connectivity index (χ1) is 13.0. The van der Waals surface area contributed by atoms with Crippen LogP contribution in [-0.4, -0.2) is 68.2 Å². The highest BCUT2D eigenvalue weighted by Crippen LogP contribution is 2.23. The van der Waals surface area contributed by atoms with Crippen molar-refractivity contribution >= 4 is 16.1 Å². The summed E-state index contributed by atoms with van der Waals surface area (Å²) in [6, 6.07) is -0.498. The molecule has 8 heteroatoms. The molecule has 162 valence electrons. The largest absolute Gasteiger partial charge is 0.444 e. The summed E-state index contributed by atoms with van der Waals surface area (Å²) in [6.07, 6.45) is 3.78. The fourth-order valence-corrected chi connectivity index (χ4v) is 4.22. The van der Waals surface area contributed by atoms with E-state index < -0.39 is 27.8 Å². The van der Waals surface area contributed by atoms with E-state index in [-0.39, 0.29) is 25.6 Å². The highest BCUT2D eigenvalue weighted by Gasteiger charge is 2.38. The van der Waals surface area contributed by atoms with Gasteiger partial charge in [0.25, 0.3) is 0 Å². The van der Waals surface area contributed by atoms with Gasteiger partial charge in [-0.2, -0.15) is 4.31 Å². The average molecular weight is 417 g/mol. The number of hydrogen-bond acceptors (Lipinski definition) is 5. The highest BCUT2D eigenvalue weighted by molar-refractivity contribution is 7.92. The van der Waals surface area contributed by atoms with Crippen LogP contribution in [0.25, 0.3) is 0 Å². The molecule has 0 aromatic heterocycles. The van der Waals surface area contributed by atoms with Crippen LogP contribution in [0.4, 0.5) is 4.79 Å². The number of carbonyl (C=O) groups excluding carboxylic acids is 1. The van der Waals surface area contributed by atoms with Gasteiger partial charge < -0.3 is 14.4 Å². The molecule has 0 aliphatic carbocycles. The normalized spacial score (nSPS) is 21.8. The number of hydrogen-bond donors (Lipinski definition) is 0. The van der Waals surface area contributed by atoms with E-state index in [2.05, 4.69) is 20.1 Å². The average Bonchev–Trinajstić information content (AvgIpc) is 2.78. The molecule has 0 N–H and O–H groups in total. The van der Waals surface area contributed by atoms with Crippen LogP contribution in [0.3, 0.4) is 0 Å². The van der Waals surface area contributed by atoms with Crippen LogP contribution in [0.5, 0.6) is 0 Å². The molecule has 1 aliphatic rings. The monoisotopic (exact) mass is 416 g/mol. The summed E-state index contributed by atoms with van der Waals surface area (Å²) in [6.45, 7) is 16.4. The Labute approximate surface area is 170 Å². The maximum absolute atomic E-state index is 12.7. The van der Waals surface area contributed by atoms with Crippen LogP contribution in [0, 0.1) is 5.92 Å². The standard InChI is InChI=1S/C20H36N2O5S/c1-7-10-12-26-16-18-15-21(19(23)27-20(4,5)6)13-17(11-8-2)14-22(18)28(24,25)9-3/h8-9,17-18H,2-3,7,10-16H2,1,4-6H3/t17?,18-/m1/s1. The molecule has 1 fully saturated rings. The van der Waals surface area contributed by atoms with Crippen molar-refractivity contribution in [1.29, 1.82) is 0 Å². The zero-order valence-corrected chi connectivity index (χ0v) is 18.5. The van der Waals surface area contributed by atoms with Crippen LogP contribution in [0.2, 0.25) is 0 Å². The number of allylic oxidation sites excluding steroid dienone is 1. The van der Waals surface area contributed by atoms with E-state index in [0.29, 0.717) is 19.6 Å². The molecule has 0 aromatic carbocycles. The van der Waals surface area contributed by atoms with Crippen LogP contribution >= 0.6 is 0 Å². The molecule has 1 amide bonds. The first kappa shape index (κ1) is 24.7. The lowest BCUT2D eigenvalue weighted by Gasteiger charge is -2.31. The molecule has 0 radical (unpaired) electrons. The summed E-state index contributed by atoms with van der Waals surface area (Å²) in [5, 5.41) is 0.958. The minimum absolute atomic E-state index is 0.0830. The van der Waals surface area contributed by atoms with E-state index in [4.69, 9.17) is 9.47 Å². The van der Waals surface area contributed by atoms with Gasteiger partial charge in [-0.3, -0.25) is 0 Å². The minimum Gasteiger partial charge on any atom is -0.444 e. The third kappa shape index (κ3) is 7.93. The SMILES string of the molecule is C=CCC1CN(C(=O)OC(C)(C)C)C[C@H](COCCCC)N(S(=O)(=O)C=C)C1. The minimum atomic E-state index is -3.67. The van der Waals surface area contributed by atoms with Gasteiger partial charge in [-0.1, -0.05) is 26.0 Å². The Kier molecular flexibility index (Phi) is 9.66. The Bertz CT molecular complexity index is 627. The molecule has 1 saturated heterocycles. The quantitative estimate of drug-likeness (QED) is 0.425. The summed E-state index contributed by atoms with van der Waals surface area (Å²) in [7, 11) is -3.67. The fraction of sp³-hybridized carbons (Fsp3) is 0.750. The molecule has 1 unspecified atom stereocenters. The van der Waals surface area contributed by atoms with Gasteiger partial charge in [0, 0.05) is 31.6 Å². The Morgan fingerprint density at radius 3 is 2.43 bits per heavy atom. The Morgan fingerprint density at radius 2 is 1.89 bits per heavy atom. The number of carbonyl (C=O) groups is 1. The van der Waals surface area contributed by atoms with Crippen LogP contribution in [0.1, 0.15) is 47.0 Å². The number of rotatable bonds is 9. The second-order valence-corrected chi connectivity index (χ2v) is 9.97. The smallest absolute Gasteiger partial charge is 0.410 e. The summed E-state index contributed by atoms with van der Waals surface area (Å²) < 4.78 is 38.0. The molecule has 1 heterocycles. The molecule has 0 bridgehead atoms. The first-order valence-electron chi connectivity index (χ1n) is 9.84. The van der Waals surface area contributed by atoms with Gasteiger partial charge in [-0.25, -0.2) is 13.2 Å². The van der Waals surface area contributed by atoms with E-state index in [0.717, 1.165) is 18.2 Å². The second kappa shape index (κ2) is 11.0. The number of ether oxygens (including phenoxy) is 2. The van der Waals surface area contributed by atoms with Gasteiger partial charge in [0.1, 0.15) is 5.60 Å². The topological polar surface area (TPSA) is 76.2 Å². The van der Waals surface area contributed by atoms with Crippen molar-refractivity contribution in [3.8, 4) is 0 Å². The summed E-state index contributed by atoms with van der Waals surface area (Å²) in [5.41, 5.74) is -0.628. The predicted octanol–water partition coefficient (Wildman–Crippen LogP) is 3.39. The number of amides is 1. The molecule has 7 nitrogen and oxygen atoms in total. The Balaban J connectivity index is 3.13. The van der Waals surface area contributed by atoms with Gasteiger partial charge in [0.15, 0.2) is 0 Å². The summed E-state index contributed by atoms with van der Waals surface area (Å²) >= 11 is 0. The van der Waals surface area contributed by atoms with Gasteiger partial charge in [-0.05, 0) is 39.5 Å². The molecule has 0 saturated carbocycles. The molecule has 0 spiro atoms. The third-order valence-electron chi connectivity index (χ3n) is 4.40. The van der Waals surface area contributed by atoms with E-state index >= 15 is 0 Å². The van der Waals surface area contributed by atoms with Gasteiger partial charge in [0.2, 0.25) is 10.0 Å². The molecule has 2 atom stereocenters. The van der Waals surface area contributed by atoms with Crippen molar-refractivity contribution in [2.24, 2.45) is 5.92 Å². The summed E-state index contributed by atoms with van der Waals surface area (Å²) in [5.74, 6) is -0.0830. The third-order valence-corrected chi connectivity index (χ3v) is 5.92. The zero-order valence-electron chi connectivity index (χ0n) is 17.7. The van der Waals surface area contributed by atoms with Crippen molar-refractivity contribution < 1.29 is 22.7 Å². The lowest BCUT2D eigenvalue weighted by Crippen LogP contribution is -2.48. The Morgan fingerprint density at radius 1 is 1.21 bits per heavy atom. The zero-order chi connectivity index (χ0) is 21.4. The van der Waals surface area contributed by atoms with E-state index in [1.807, 2.05) is 20.8 Å². The molecule has 1 aliphatic heterocycles. The van der Waals surface area contributed by atoms with Crippen molar-refractivity contribution in [2.45, 2.75) is 58.6 Å². The number of unbranched alkanes of at least 4 members (excludes halogenated alkanes) is 1. The number of nitrogens with zero attached hydrogens (tertiary/aromatic N) is 2. The van der Waals surface area contributed by atoms with Crippen LogP contribution < -0.4 is 0 Å². The van der Waals surface area contributed by atoms with Crippen LogP contribution in [0.15, 0.2) is 24.6 Å². The molecule has 28 heavy (non-hydrogen) atoms. The first-order valence-corrected chi connectivity index (χ1v) is 11.3. The maximum Gasteiger partial charge on any atom is 0.410 e. The van der Waals surface area contributed by atoms with E-state index in [1.54, 1.807) is 11.0 Å².